The van der Waals surface area contributed by atoms with E-state index in [0.717, 1.165) is 30.3 Å². The number of anilines is 2. The fourth-order valence-electron chi connectivity index (χ4n) is 2.83. The molecule has 0 spiro atoms. The number of nitrogens with one attached hydrogen (secondary N) is 2. The smallest absolute Gasteiger partial charge is 0.322 e. The maximum absolute atomic E-state index is 13.0. The molecule has 2 amide bonds. The van der Waals surface area contributed by atoms with Gasteiger partial charge in [-0.05, 0) is 70.5 Å². The number of nitrogens with zero attached hydrogens (tertiary/aromatic N) is 1. The van der Waals surface area contributed by atoms with Crippen molar-refractivity contribution in [1.82, 2.24) is 4.98 Å². The SMILES string of the molecule is O=C(Nc1cccc(C(F)(F)F)c1)C(=Cc1cccc(Br)n1)C(=O)Nc1cccc(C(F)(F)F)c1. The number of carbonyl (C=O) groups excluding carboxylic acids is 2. The van der Waals surface area contributed by atoms with Gasteiger partial charge in [-0.25, -0.2) is 4.98 Å². The van der Waals surface area contributed by atoms with Gasteiger partial charge in [0.25, 0.3) is 11.8 Å². The van der Waals surface area contributed by atoms with Gasteiger partial charge in [-0.15, -0.1) is 0 Å². The molecule has 0 fully saturated rings. The van der Waals surface area contributed by atoms with Crippen LogP contribution in [0.3, 0.4) is 0 Å². The van der Waals surface area contributed by atoms with Gasteiger partial charge in [0.2, 0.25) is 0 Å². The Morgan fingerprint density at radius 2 is 1.20 bits per heavy atom. The van der Waals surface area contributed by atoms with Crippen molar-refractivity contribution >= 4 is 45.2 Å². The second-order valence-electron chi connectivity index (χ2n) is 7.01. The Hall–Kier alpha value is -3.67. The van der Waals surface area contributed by atoms with Crippen LogP contribution < -0.4 is 10.6 Å². The van der Waals surface area contributed by atoms with Crippen LogP contribution in [-0.2, 0) is 21.9 Å². The second-order valence-corrected chi connectivity index (χ2v) is 7.82. The Morgan fingerprint density at radius 3 is 1.63 bits per heavy atom. The third kappa shape index (κ3) is 7.15. The van der Waals surface area contributed by atoms with Crippen LogP contribution >= 0.6 is 15.9 Å². The third-order valence-corrected chi connectivity index (χ3v) is 4.86. The van der Waals surface area contributed by atoms with Crippen LogP contribution in [0.2, 0.25) is 0 Å². The predicted molar refractivity (Wildman–Crippen MR) is 120 cm³/mol. The highest BCUT2D eigenvalue weighted by molar-refractivity contribution is 9.10. The Labute approximate surface area is 203 Å². The molecule has 1 aromatic heterocycles. The fourth-order valence-corrected chi connectivity index (χ4v) is 3.19. The zero-order chi connectivity index (χ0) is 25.8. The molecule has 5 nitrogen and oxygen atoms in total. The molecule has 0 aliphatic carbocycles. The lowest BCUT2D eigenvalue weighted by atomic mass is 10.1. The number of alkyl halides is 6. The summed E-state index contributed by atoms with van der Waals surface area (Å²) in [5, 5.41) is 4.41. The standard InChI is InChI=1S/C23H14BrF6N3O2/c24-19-9-3-8-17(31-19)12-18(20(34)32-15-6-1-4-13(10-15)22(25,26)27)21(35)33-16-7-2-5-14(11-16)23(28,29)30/h1-12H,(H,32,34)(H,33,35). The van der Waals surface area contributed by atoms with E-state index < -0.39 is 40.9 Å². The van der Waals surface area contributed by atoms with Gasteiger partial charge < -0.3 is 10.6 Å². The number of aromatic nitrogens is 1. The molecule has 2 aromatic carbocycles. The Kier molecular flexibility index (Phi) is 7.64. The highest BCUT2D eigenvalue weighted by Crippen LogP contribution is 2.32. The minimum absolute atomic E-state index is 0.132. The maximum atomic E-state index is 13.0. The summed E-state index contributed by atoms with van der Waals surface area (Å²) in [6.45, 7) is 0. The Balaban J connectivity index is 1.94. The molecule has 3 rings (SSSR count). The second kappa shape index (κ2) is 10.3. The Bertz CT molecular complexity index is 1210. The maximum Gasteiger partial charge on any atom is 0.416 e. The predicted octanol–water partition coefficient (Wildman–Crippen LogP) is 6.54. The largest absolute Gasteiger partial charge is 0.416 e. The first-order valence-corrected chi connectivity index (χ1v) is 10.4. The average molecular weight is 558 g/mol. The molecule has 182 valence electrons. The molecule has 0 radical (unpaired) electrons. The minimum Gasteiger partial charge on any atom is -0.322 e. The van der Waals surface area contributed by atoms with Gasteiger partial charge in [-0.2, -0.15) is 26.3 Å². The summed E-state index contributed by atoms with van der Waals surface area (Å²) >= 11 is 3.13. The minimum atomic E-state index is -4.67. The van der Waals surface area contributed by atoms with Crippen molar-refractivity contribution in [2.24, 2.45) is 0 Å². The molecular weight excluding hydrogens is 544 g/mol. The van der Waals surface area contributed by atoms with Crippen molar-refractivity contribution < 1.29 is 35.9 Å². The van der Waals surface area contributed by atoms with Gasteiger partial charge >= 0.3 is 12.4 Å². The molecule has 0 saturated carbocycles. The van der Waals surface area contributed by atoms with E-state index >= 15 is 0 Å². The first-order valence-electron chi connectivity index (χ1n) is 9.64. The number of amides is 2. The van der Waals surface area contributed by atoms with E-state index in [-0.39, 0.29) is 17.1 Å². The van der Waals surface area contributed by atoms with Gasteiger partial charge in [0.1, 0.15) is 10.2 Å². The molecule has 2 N–H and O–H groups in total. The molecule has 1 heterocycles. The van der Waals surface area contributed by atoms with Crippen LogP contribution in [0.15, 0.2) is 76.9 Å². The van der Waals surface area contributed by atoms with Crippen molar-refractivity contribution in [2.45, 2.75) is 12.4 Å². The van der Waals surface area contributed by atoms with Gasteiger partial charge in [0.15, 0.2) is 0 Å². The van der Waals surface area contributed by atoms with Crippen LogP contribution in [0.4, 0.5) is 37.7 Å². The molecule has 0 saturated heterocycles. The first-order chi connectivity index (χ1) is 16.3. The summed E-state index contributed by atoms with van der Waals surface area (Å²) < 4.78 is 78.3. The summed E-state index contributed by atoms with van der Waals surface area (Å²) in [5.74, 6) is -2.20. The zero-order valence-corrected chi connectivity index (χ0v) is 18.9. The highest BCUT2D eigenvalue weighted by Gasteiger charge is 2.32. The monoisotopic (exact) mass is 557 g/mol. The number of halogens is 7. The number of hydrogen-bond acceptors (Lipinski definition) is 3. The summed E-state index contributed by atoms with van der Waals surface area (Å²) in [7, 11) is 0. The van der Waals surface area contributed by atoms with Crippen molar-refractivity contribution in [3.05, 3.63) is 93.7 Å². The third-order valence-electron chi connectivity index (χ3n) is 4.41. The number of carbonyl (C=O) groups is 2. The lowest BCUT2D eigenvalue weighted by molar-refractivity contribution is -0.138. The Morgan fingerprint density at radius 1 is 0.743 bits per heavy atom. The summed E-state index contributed by atoms with van der Waals surface area (Å²) in [6.07, 6.45) is -8.28. The number of benzene rings is 2. The van der Waals surface area contributed by atoms with Crippen molar-refractivity contribution in [2.75, 3.05) is 10.6 Å². The van der Waals surface area contributed by atoms with E-state index in [1.54, 1.807) is 12.1 Å². The van der Waals surface area contributed by atoms with Crippen molar-refractivity contribution in [3.63, 3.8) is 0 Å². The molecule has 0 bridgehead atoms. The summed E-state index contributed by atoms with van der Waals surface area (Å²) in [4.78, 5) is 29.8. The molecule has 0 atom stereocenters. The first kappa shape index (κ1) is 25.9. The van der Waals surface area contributed by atoms with E-state index in [9.17, 15) is 35.9 Å². The summed E-state index contributed by atoms with van der Waals surface area (Å²) in [6, 6.07) is 12.0. The molecule has 12 heteroatoms. The van der Waals surface area contributed by atoms with Gasteiger partial charge in [0, 0.05) is 11.4 Å². The number of hydrogen-bond donors (Lipinski definition) is 2. The molecule has 0 unspecified atom stereocenters. The van der Waals surface area contributed by atoms with E-state index in [1.165, 1.54) is 18.2 Å². The number of rotatable bonds is 5. The van der Waals surface area contributed by atoms with Crippen molar-refractivity contribution in [3.8, 4) is 0 Å². The average Bonchev–Trinajstić information content (AvgIpc) is 2.76. The number of pyridine rings is 1. The van der Waals surface area contributed by atoms with Gasteiger partial charge in [0.05, 0.1) is 16.8 Å². The van der Waals surface area contributed by atoms with Crippen LogP contribution in [0, 0.1) is 0 Å². The van der Waals surface area contributed by atoms with Crippen LogP contribution in [0.25, 0.3) is 6.08 Å². The molecule has 0 aliphatic rings. The van der Waals surface area contributed by atoms with E-state index in [4.69, 9.17) is 0 Å². The van der Waals surface area contributed by atoms with Crippen LogP contribution in [0.5, 0.6) is 0 Å². The fraction of sp³-hybridized carbons (Fsp3) is 0.0870. The highest BCUT2D eigenvalue weighted by atomic mass is 79.9. The zero-order valence-electron chi connectivity index (χ0n) is 17.3. The van der Waals surface area contributed by atoms with Crippen molar-refractivity contribution in [1.29, 1.82) is 0 Å². The van der Waals surface area contributed by atoms with E-state index in [1.807, 2.05) is 0 Å². The molecule has 35 heavy (non-hydrogen) atoms. The molecule has 0 aliphatic heterocycles. The topological polar surface area (TPSA) is 71.1 Å². The van der Waals surface area contributed by atoms with Crippen LogP contribution in [0.1, 0.15) is 16.8 Å². The van der Waals surface area contributed by atoms with Gasteiger partial charge in [-0.1, -0.05) is 18.2 Å². The van der Waals surface area contributed by atoms with E-state index in [0.29, 0.717) is 16.7 Å². The van der Waals surface area contributed by atoms with E-state index in [2.05, 4.69) is 31.5 Å². The molecular formula is C23H14BrF6N3O2. The quantitative estimate of drug-likeness (QED) is 0.123. The lowest BCUT2D eigenvalue weighted by Gasteiger charge is -2.13. The normalized spacial score (nSPS) is 11.5. The van der Waals surface area contributed by atoms with Crippen LogP contribution in [-0.4, -0.2) is 16.8 Å². The van der Waals surface area contributed by atoms with Gasteiger partial charge in [-0.3, -0.25) is 9.59 Å². The molecule has 3 aromatic rings. The summed E-state index contributed by atoms with van der Waals surface area (Å²) in [5.41, 5.74) is -3.02. The lowest BCUT2D eigenvalue weighted by Crippen LogP contribution is -2.25.